The maximum Gasteiger partial charge on any atom is 0.345 e. The molecule has 6 heteroatoms. The first-order valence-electron chi connectivity index (χ1n) is 5.38. The van der Waals surface area contributed by atoms with Crippen molar-refractivity contribution in [2.75, 3.05) is 0 Å². The van der Waals surface area contributed by atoms with Crippen LogP contribution in [0.15, 0.2) is 29.2 Å². The predicted octanol–water partition coefficient (Wildman–Crippen LogP) is 5.35. The van der Waals surface area contributed by atoms with Gasteiger partial charge in [0.1, 0.15) is 4.88 Å². The number of aryl methyl sites for hydroxylation is 1. The van der Waals surface area contributed by atoms with Gasteiger partial charge in [0, 0.05) is 15.5 Å². The molecule has 0 aliphatic rings. The van der Waals surface area contributed by atoms with Crippen LogP contribution in [0.25, 0.3) is 0 Å². The number of carboxylic acids is 1. The third-order valence-electron chi connectivity index (χ3n) is 2.52. The Morgan fingerprint density at radius 2 is 2.05 bits per heavy atom. The molecule has 2 rings (SSSR count). The second-order valence-electron chi connectivity index (χ2n) is 3.86. The summed E-state index contributed by atoms with van der Waals surface area (Å²) in [6.07, 6.45) is 0. The Kier molecular flexibility index (Phi) is 4.79. The van der Waals surface area contributed by atoms with Crippen molar-refractivity contribution in [2.24, 2.45) is 0 Å². The molecule has 0 fully saturated rings. The SMILES string of the molecule is Cc1sc(C(=O)O)cc1CSc1ccc(Cl)c(Cl)c1. The normalized spacial score (nSPS) is 10.7. The molecule has 0 spiro atoms. The van der Waals surface area contributed by atoms with Crippen LogP contribution in [0.4, 0.5) is 0 Å². The summed E-state index contributed by atoms with van der Waals surface area (Å²) in [6, 6.07) is 7.20. The van der Waals surface area contributed by atoms with Gasteiger partial charge in [0.05, 0.1) is 10.0 Å². The quantitative estimate of drug-likeness (QED) is 0.766. The van der Waals surface area contributed by atoms with E-state index in [-0.39, 0.29) is 0 Å². The molecule has 1 aromatic heterocycles. The Morgan fingerprint density at radius 1 is 1.32 bits per heavy atom. The number of carboxylic acid groups (broad SMARTS) is 1. The number of benzene rings is 1. The van der Waals surface area contributed by atoms with Crippen LogP contribution in [0, 0.1) is 6.92 Å². The summed E-state index contributed by atoms with van der Waals surface area (Å²) in [4.78, 5) is 13.3. The van der Waals surface area contributed by atoms with Gasteiger partial charge < -0.3 is 5.11 Å². The summed E-state index contributed by atoms with van der Waals surface area (Å²) in [5.74, 6) is -0.160. The van der Waals surface area contributed by atoms with Crippen molar-refractivity contribution in [3.63, 3.8) is 0 Å². The minimum Gasteiger partial charge on any atom is -0.477 e. The van der Waals surface area contributed by atoms with Crippen LogP contribution in [-0.2, 0) is 5.75 Å². The van der Waals surface area contributed by atoms with E-state index in [4.69, 9.17) is 28.3 Å². The van der Waals surface area contributed by atoms with Crippen LogP contribution in [0.3, 0.4) is 0 Å². The van der Waals surface area contributed by atoms with E-state index in [1.807, 2.05) is 19.1 Å². The molecule has 0 saturated carbocycles. The average molecular weight is 333 g/mol. The van der Waals surface area contributed by atoms with Crippen LogP contribution in [0.2, 0.25) is 10.0 Å². The Bertz CT molecular complexity index is 623. The van der Waals surface area contributed by atoms with Crippen molar-refractivity contribution in [3.05, 3.63) is 49.6 Å². The zero-order valence-electron chi connectivity index (χ0n) is 9.94. The van der Waals surface area contributed by atoms with E-state index in [0.29, 0.717) is 20.7 Å². The number of halogens is 2. The largest absolute Gasteiger partial charge is 0.477 e. The topological polar surface area (TPSA) is 37.3 Å². The van der Waals surface area contributed by atoms with E-state index in [2.05, 4.69) is 0 Å². The van der Waals surface area contributed by atoms with Gasteiger partial charge in [-0.15, -0.1) is 23.1 Å². The Labute approximate surface area is 129 Å². The van der Waals surface area contributed by atoms with Crippen LogP contribution in [0.1, 0.15) is 20.1 Å². The predicted molar refractivity (Wildman–Crippen MR) is 82.0 cm³/mol. The lowest BCUT2D eigenvalue weighted by atomic mass is 10.3. The van der Waals surface area contributed by atoms with Gasteiger partial charge in [-0.1, -0.05) is 23.2 Å². The van der Waals surface area contributed by atoms with Gasteiger partial charge in [0.25, 0.3) is 0 Å². The van der Waals surface area contributed by atoms with Gasteiger partial charge in [0.15, 0.2) is 0 Å². The molecule has 2 aromatic rings. The number of carbonyl (C=O) groups is 1. The first-order chi connectivity index (χ1) is 8.97. The summed E-state index contributed by atoms with van der Waals surface area (Å²) >= 11 is 14.7. The van der Waals surface area contributed by atoms with E-state index < -0.39 is 5.97 Å². The zero-order chi connectivity index (χ0) is 14.0. The molecule has 1 aromatic carbocycles. The summed E-state index contributed by atoms with van der Waals surface area (Å²) < 4.78 is 0. The number of thiophene rings is 1. The second-order valence-corrected chi connectivity index (χ2v) is 6.98. The number of aromatic carboxylic acids is 1. The molecule has 0 saturated heterocycles. The Balaban J connectivity index is 2.09. The maximum atomic E-state index is 10.9. The van der Waals surface area contributed by atoms with E-state index in [0.717, 1.165) is 15.3 Å². The summed E-state index contributed by atoms with van der Waals surface area (Å²) in [7, 11) is 0. The van der Waals surface area contributed by atoms with E-state index in [1.54, 1.807) is 23.9 Å². The fourth-order valence-corrected chi connectivity index (χ4v) is 3.82. The molecule has 1 N–H and O–H groups in total. The van der Waals surface area contributed by atoms with Gasteiger partial charge in [0.2, 0.25) is 0 Å². The Hall–Kier alpha value is -0.680. The van der Waals surface area contributed by atoms with Crippen molar-refractivity contribution in [3.8, 4) is 0 Å². The van der Waals surface area contributed by atoms with Crippen molar-refractivity contribution in [1.82, 2.24) is 0 Å². The van der Waals surface area contributed by atoms with Crippen LogP contribution in [-0.4, -0.2) is 11.1 Å². The standard InChI is InChI=1S/C13H10Cl2O2S2/c1-7-8(4-12(19-7)13(16)17)6-18-9-2-3-10(14)11(15)5-9/h2-5H,6H2,1H3,(H,16,17). The molecule has 0 radical (unpaired) electrons. The van der Waals surface area contributed by atoms with Crippen molar-refractivity contribution in [1.29, 1.82) is 0 Å². The van der Waals surface area contributed by atoms with Crippen molar-refractivity contribution in [2.45, 2.75) is 17.6 Å². The van der Waals surface area contributed by atoms with E-state index in [9.17, 15) is 4.79 Å². The first kappa shape index (κ1) is 14.7. The lowest BCUT2D eigenvalue weighted by Gasteiger charge is -2.03. The van der Waals surface area contributed by atoms with E-state index >= 15 is 0 Å². The minimum atomic E-state index is -0.876. The van der Waals surface area contributed by atoms with Gasteiger partial charge >= 0.3 is 5.97 Å². The van der Waals surface area contributed by atoms with Crippen molar-refractivity contribution >= 4 is 52.3 Å². The van der Waals surface area contributed by atoms with Gasteiger partial charge in [-0.25, -0.2) is 4.79 Å². The van der Waals surface area contributed by atoms with Crippen LogP contribution >= 0.6 is 46.3 Å². The smallest absolute Gasteiger partial charge is 0.345 e. The molecule has 0 aliphatic carbocycles. The molecule has 19 heavy (non-hydrogen) atoms. The summed E-state index contributed by atoms with van der Waals surface area (Å²) in [5.41, 5.74) is 1.04. The highest BCUT2D eigenvalue weighted by Gasteiger charge is 2.11. The van der Waals surface area contributed by atoms with Crippen LogP contribution < -0.4 is 0 Å². The molecule has 0 atom stereocenters. The molecular formula is C13H10Cl2O2S2. The first-order valence-corrected chi connectivity index (χ1v) is 7.93. The number of rotatable bonds is 4. The minimum absolute atomic E-state index is 0.377. The number of thioether (sulfide) groups is 1. The fourth-order valence-electron chi connectivity index (χ4n) is 1.50. The molecule has 100 valence electrons. The highest BCUT2D eigenvalue weighted by Crippen LogP contribution is 2.32. The third-order valence-corrected chi connectivity index (χ3v) is 5.38. The maximum absolute atomic E-state index is 10.9. The average Bonchev–Trinajstić information content (AvgIpc) is 2.73. The van der Waals surface area contributed by atoms with Gasteiger partial charge in [-0.3, -0.25) is 0 Å². The fraction of sp³-hybridized carbons (Fsp3) is 0.154. The Morgan fingerprint density at radius 3 is 2.63 bits per heavy atom. The highest BCUT2D eigenvalue weighted by atomic mass is 35.5. The molecule has 1 heterocycles. The number of hydrogen-bond acceptors (Lipinski definition) is 3. The zero-order valence-corrected chi connectivity index (χ0v) is 13.1. The molecule has 2 nitrogen and oxygen atoms in total. The summed E-state index contributed by atoms with van der Waals surface area (Å²) in [6.45, 7) is 1.93. The lowest BCUT2D eigenvalue weighted by molar-refractivity contribution is 0.0702. The van der Waals surface area contributed by atoms with Gasteiger partial charge in [-0.2, -0.15) is 0 Å². The third kappa shape index (κ3) is 3.66. The molecular weight excluding hydrogens is 323 g/mol. The molecule has 0 bridgehead atoms. The molecule has 0 amide bonds. The second kappa shape index (κ2) is 6.18. The van der Waals surface area contributed by atoms with Crippen LogP contribution in [0.5, 0.6) is 0 Å². The molecule has 0 aliphatic heterocycles. The molecule has 0 unspecified atom stereocenters. The van der Waals surface area contributed by atoms with E-state index in [1.165, 1.54) is 11.3 Å². The van der Waals surface area contributed by atoms with Gasteiger partial charge in [-0.05, 0) is 36.8 Å². The summed E-state index contributed by atoms with van der Waals surface area (Å²) in [5, 5.41) is 10.0. The van der Waals surface area contributed by atoms with Crippen molar-refractivity contribution < 1.29 is 9.90 Å². The number of hydrogen-bond donors (Lipinski definition) is 1. The highest BCUT2D eigenvalue weighted by molar-refractivity contribution is 7.98. The monoisotopic (exact) mass is 332 g/mol. The lowest BCUT2D eigenvalue weighted by Crippen LogP contribution is -1.90.